The van der Waals surface area contributed by atoms with Gasteiger partial charge in [-0.3, -0.25) is 0 Å². The van der Waals surface area contributed by atoms with Gasteiger partial charge in [0.1, 0.15) is 5.76 Å². The van der Waals surface area contributed by atoms with Crippen LogP contribution in [0.4, 0.5) is 0 Å². The Morgan fingerprint density at radius 1 is 1.08 bits per heavy atom. The first-order valence-corrected chi connectivity index (χ1v) is 8.73. The van der Waals surface area contributed by atoms with Gasteiger partial charge in [-0.1, -0.05) is 36.5 Å². The van der Waals surface area contributed by atoms with Gasteiger partial charge in [0.15, 0.2) is 17.4 Å². The van der Waals surface area contributed by atoms with Crippen LogP contribution >= 0.6 is 12.2 Å². The molecular formula is C21H20N2O2S. The second kappa shape index (κ2) is 7.97. The third-order valence-electron chi connectivity index (χ3n) is 4.18. The Labute approximate surface area is 158 Å². The first-order chi connectivity index (χ1) is 12.6. The van der Waals surface area contributed by atoms with E-state index in [-0.39, 0.29) is 5.76 Å². The summed E-state index contributed by atoms with van der Waals surface area (Å²) in [5.74, 6) is 0.629. The zero-order valence-corrected chi connectivity index (χ0v) is 15.5. The lowest BCUT2D eigenvalue weighted by Crippen LogP contribution is -2.42. The molecule has 2 heterocycles. The summed E-state index contributed by atoms with van der Waals surface area (Å²) >= 11 is 5.53. The Hall–Kier alpha value is -2.92. The number of thiocarbonyl (C=S) groups is 1. The highest BCUT2D eigenvalue weighted by molar-refractivity contribution is 7.81. The number of pyridine rings is 1. The van der Waals surface area contributed by atoms with Crippen molar-refractivity contribution >= 4 is 28.7 Å². The minimum absolute atomic E-state index is 0.124. The Morgan fingerprint density at radius 2 is 1.85 bits per heavy atom. The van der Waals surface area contributed by atoms with Crippen molar-refractivity contribution in [1.82, 2.24) is 5.32 Å². The molecule has 0 radical (unpaired) electrons. The summed E-state index contributed by atoms with van der Waals surface area (Å²) in [6.45, 7) is 4.44. The predicted molar refractivity (Wildman–Crippen MR) is 104 cm³/mol. The topological polar surface area (TPSA) is 52.1 Å². The molecule has 0 aliphatic rings. The van der Waals surface area contributed by atoms with Crippen LogP contribution in [0.15, 0.2) is 71.6 Å². The van der Waals surface area contributed by atoms with E-state index in [9.17, 15) is 5.11 Å². The van der Waals surface area contributed by atoms with Crippen molar-refractivity contribution in [1.29, 1.82) is 0 Å². The summed E-state index contributed by atoms with van der Waals surface area (Å²) in [7, 11) is 0. The van der Waals surface area contributed by atoms with E-state index in [0.29, 0.717) is 22.8 Å². The molecule has 3 aromatic rings. The number of furan rings is 1. The molecule has 5 heteroatoms. The quantitative estimate of drug-likeness (QED) is 0.327. The normalized spacial score (nSPS) is 11.8. The van der Waals surface area contributed by atoms with Gasteiger partial charge >= 0.3 is 0 Å². The number of aryl methyl sites for hydroxylation is 2. The standard InChI is InChI=1S/C21H20N2O2S/c1-15-8-9-17(13-16(15)2)20(24)19(23-10-4-3-5-11-23)21(26)22-14-18-7-6-12-25-18/h3-13H,14H2,1-2H3,(H-,22,24,26). The van der Waals surface area contributed by atoms with Crippen LogP contribution in [-0.2, 0) is 6.54 Å². The largest absolute Gasteiger partial charge is 0.867 e. The summed E-state index contributed by atoms with van der Waals surface area (Å²) < 4.78 is 7.07. The molecule has 26 heavy (non-hydrogen) atoms. The third kappa shape index (κ3) is 4.00. The van der Waals surface area contributed by atoms with Crippen molar-refractivity contribution < 1.29 is 14.1 Å². The predicted octanol–water partition coefficient (Wildman–Crippen LogP) is 2.99. The molecule has 0 spiro atoms. The number of benzene rings is 1. The fourth-order valence-electron chi connectivity index (χ4n) is 2.57. The molecule has 3 rings (SSSR count). The van der Waals surface area contributed by atoms with Crippen LogP contribution < -0.4 is 15.0 Å². The second-order valence-electron chi connectivity index (χ2n) is 6.02. The average molecular weight is 364 g/mol. The van der Waals surface area contributed by atoms with Gasteiger partial charge in [-0.25, -0.2) is 0 Å². The molecule has 4 nitrogen and oxygen atoms in total. The molecule has 0 amide bonds. The molecule has 0 atom stereocenters. The van der Waals surface area contributed by atoms with Crippen LogP contribution in [0.5, 0.6) is 0 Å². The van der Waals surface area contributed by atoms with Crippen molar-refractivity contribution in [3.8, 4) is 0 Å². The SMILES string of the molecule is Cc1ccc(/C([O-])=C(/C(=S)NCc2ccco2)[n+]2ccccc2)cc1C. The highest BCUT2D eigenvalue weighted by atomic mass is 32.1. The van der Waals surface area contributed by atoms with Gasteiger partial charge in [0, 0.05) is 12.1 Å². The Morgan fingerprint density at radius 3 is 2.50 bits per heavy atom. The maximum atomic E-state index is 13.2. The molecule has 1 aromatic carbocycles. The van der Waals surface area contributed by atoms with Crippen LogP contribution in [0.1, 0.15) is 22.5 Å². The van der Waals surface area contributed by atoms with Crippen LogP contribution in [0.25, 0.3) is 11.5 Å². The molecule has 2 aromatic heterocycles. The van der Waals surface area contributed by atoms with E-state index in [0.717, 1.165) is 16.9 Å². The van der Waals surface area contributed by atoms with Crippen LogP contribution in [0, 0.1) is 13.8 Å². The minimum atomic E-state index is -0.124. The molecule has 1 N–H and O–H groups in total. The zero-order valence-electron chi connectivity index (χ0n) is 14.7. The van der Waals surface area contributed by atoms with Gasteiger partial charge in [-0.05, 0) is 48.4 Å². The summed E-state index contributed by atoms with van der Waals surface area (Å²) in [5.41, 5.74) is 3.24. The Balaban J connectivity index is 1.99. The fraction of sp³-hybridized carbons (Fsp3) is 0.143. The zero-order chi connectivity index (χ0) is 18.5. The van der Waals surface area contributed by atoms with Gasteiger partial charge in [0.2, 0.25) is 5.70 Å². The highest BCUT2D eigenvalue weighted by Gasteiger charge is 2.18. The van der Waals surface area contributed by atoms with Crippen molar-refractivity contribution in [2.24, 2.45) is 0 Å². The summed E-state index contributed by atoms with van der Waals surface area (Å²) in [6, 6.07) is 15.0. The van der Waals surface area contributed by atoms with Gasteiger partial charge in [0.25, 0.3) is 0 Å². The molecule has 0 aliphatic carbocycles. The minimum Gasteiger partial charge on any atom is -0.867 e. The van der Waals surface area contributed by atoms with Gasteiger partial charge in [-0.2, -0.15) is 4.57 Å². The molecule has 0 fully saturated rings. The Kier molecular flexibility index (Phi) is 5.49. The van der Waals surface area contributed by atoms with E-state index < -0.39 is 0 Å². The maximum Gasteiger partial charge on any atom is 0.237 e. The van der Waals surface area contributed by atoms with Gasteiger partial charge in [-0.15, -0.1) is 0 Å². The molecule has 0 saturated carbocycles. The van der Waals surface area contributed by atoms with E-state index in [2.05, 4.69) is 5.32 Å². The number of nitrogens with one attached hydrogen (secondary N) is 1. The Bertz CT molecular complexity index is 932. The molecular weight excluding hydrogens is 344 g/mol. The van der Waals surface area contributed by atoms with E-state index in [4.69, 9.17) is 16.6 Å². The molecule has 0 unspecified atom stereocenters. The molecule has 0 bridgehead atoms. The number of nitrogens with zero attached hydrogens (tertiary/aromatic N) is 1. The van der Waals surface area contributed by atoms with Crippen LogP contribution in [0.2, 0.25) is 0 Å². The smallest absolute Gasteiger partial charge is 0.237 e. The summed E-state index contributed by atoms with van der Waals surface area (Å²) in [4.78, 5) is 0.376. The molecule has 0 saturated heterocycles. The fourth-order valence-corrected chi connectivity index (χ4v) is 2.84. The van der Waals surface area contributed by atoms with E-state index in [1.165, 1.54) is 0 Å². The third-order valence-corrected chi connectivity index (χ3v) is 4.51. The van der Waals surface area contributed by atoms with Crippen molar-refractivity contribution in [3.63, 3.8) is 0 Å². The molecule has 0 aliphatic heterocycles. The van der Waals surface area contributed by atoms with Crippen LogP contribution in [0.3, 0.4) is 0 Å². The first-order valence-electron chi connectivity index (χ1n) is 8.32. The second-order valence-corrected chi connectivity index (χ2v) is 6.43. The number of aromatic nitrogens is 1. The number of hydrogen-bond donors (Lipinski definition) is 1. The molecule has 132 valence electrons. The van der Waals surface area contributed by atoms with E-state index >= 15 is 0 Å². The first kappa shape index (κ1) is 17.9. The van der Waals surface area contributed by atoms with E-state index in [1.807, 2.05) is 74.8 Å². The summed E-state index contributed by atoms with van der Waals surface area (Å²) in [6.07, 6.45) is 5.24. The van der Waals surface area contributed by atoms with Gasteiger partial charge in [0.05, 0.1) is 12.8 Å². The number of hydrogen-bond acceptors (Lipinski definition) is 3. The van der Waals surface area contributed by atoms with Gasteiger partial charge < -0.3 is 14.8 Å². The maximum absolute atomic E-state index is 13.2. The van der Waals surface area contributed by atoms with Crippen molar-refractivity contribution in [2.45, 2.75) is 20.4 Å². The van der Waals surface area contributed by atoms with E-state index in [1.54, 1.807) is 10.8 Å². The lowest BCUT2D eigenvalue weighted by atomic mass is 10.0. The number of rotatable bonds is 5. The summed E-state index contributed by atoms with van der Waals surface area (Å²) in [5, 5.41) is 16.3. The van der Waals surface area contributed by atoms with Crippen LogP contribution in [-0.4, -0.2) is 4.99 Å². The lowest BCUT2D eigenvalue weighted by Gasteiger charge is -2.17. The lowest BCUT2D eigenvalue weighted by molar-refractivity contribution is -0.578. The average Bonchev–Trinajstić information content (AvgIpc) is 3.17. The van der Waals surface area contributed by atoms with Crippen molar-refractivity contribution in [2.75, 3.05) is 0 Å². The highest BCUT2D eigenvalue weighted by Crippen LogP contribution is 2.18. The van der Waals surface area contributed by atoms with Crippen molar-refractivity contribution in [3.05, 3.63) is 89.6 Å². The monoisotopic (exact) mass is 364 g/mol.